The summed E-state index contributed by atoms with van der Waals surface area (Å²) in [4.78, 5) is 28.5. The lowest BCUT2D eigenvalue weighted by molar-refractivity contribution is -0.139. The molecular weight excluding hydrogens is 246 g/mol. The summed E-state index contributed by atoms with van der Waals surface area (Å²) in [5.41, 5.74) is 0. The van der Waals surface area contributed by atoms with Crippen LogP contribution in [0.15, 0.2) is 0 Å². The van der Waals surface area contributed by atoms with Gasteiger partial charge in [-0.25, -0.2) is 4.79 Å². The third kappa shape index (κ3) is 3.59. The maximum atomic E-state index is 12.1. The highest BCUT2D eigenvalue weighted by Gasteiger charge is 2.34. The number of carbonyl (C=O) groups is 2. The van der Waals surface area contributed by atoms with E-state index in [0.717, 1.165) is 26.1 Å². The lowest BCUT2D eigenvalue weighted by Gasteiger charge is -2.41. The average Bonchev–Trinajstić information content (AvgIpc) is 2.67. The fourth-order valence-corrected chi connectivity index (χ4v) is 2.98. The van der Waals surface area contributed by atoms with E-state index >= 15 is 0 Å². The number of likely N-dealkylation sites (tertiary alicyclic amines) is 2. The Hall–Kier alpha value is -1.30. The monoisotopic (exact) mass is 269 g/mol. The number of urea groups is 1. The lowest BCUT2D eigenvalue weighted by Crippen LogP contribution is -2.55. The molecule has 2 aliphatic heterocycles. The fourth-order valence-electron chi connectivity index (χ4n) is 2.98. The van der Waals surface area contributed by atoms with E-state index in [2.05, 4.69) is 11.9 Å². The van der Waals surface area contributed by atoms with Gasteiger partial charge in [0.15, 0.2) is 0 Å². The Balaban J connectivity index is 1.70. The van der Waals surface area contributed by atoms with E-state index < -0.39 is 5.97 Å². The number of amides is 2. The molecule has 6 nitrogen and oxygen atoms in total. The predicted octanol–water partition coefficient (Wildman–Crippen LogP) is 0.396. The second-order valence-electron chi connectivity index (χ2n) is 5.95. The van der Waals surface area contributed by atoms with Crippen LogP contribution < -0.4 is 0 Å². The van der Waals surface area contributed by atoms with Crippen molar-refractivity contribution < 1.29 is 14.7 Å². The summed E-state index contributed by atoms with van der Waals surface area (Å²) < 4.78 is 0. The molecule has 2 saturated heterocycles. The Morgan fingerprint density at radius 1 is 1.26 bits per heavy atom. The Labute approximate surface area is 114 Å². The summed E-state index contributed by atoms with van der Waals surface area (Å²) in [6, 6.07) is 0.0381. The molecule has 0 aliphatic carbocycles. The average molecular weight is 269 g/mol. The molecule has 1 atom stereocenters. The van der Waals surface area contributed by atoms with E-state index in [-0.39, 0.29) is 18.4 Å². The van der Waals surface area contributed by atoms with E-state index in [1.54, 1.807) is 9.80 Å². The van der Waals surface area contributed by atoms with Crippen molar-refractivity contribution in [1.29, 1.82) is 0 Å². The molecule has 1 N–H and O–H groups in total. The van der Waals surface area contributed by atoms with Crippen LogP contribution in [0.3, 0.4) is 0 Å². The maximum absolute atomic E-state index is 12.1. The summed E-state index contributed by atoms with van der Waals surface area (Å²) in [6.07, 6.45) is 1.32. The quantitative estimate of drug-likeness (QED) is 0.802. The van der Waals surface area contributed by atoms with Crippen LogP contribution in [0.1, 0.15) is 12.8 Å². The molecule has 6 heteroatoms. The maximum Gasteiger partial charge on any atom is 0.319 e. The highest BCUT2D eigenvalue weighted by atomic mass is 16.4. The zero-order chi connectivity index (χ0) is 14.0. The number of hydrogen-bond donors (Lipinski definition) is 1. The van der Waals surface area contributed by atoms with Crippen LogP contribution in [0.25, 0.3) is 0 Å². The van der Waals surface area contributed by atoms with Crippen molar-refractivity contribution in [1.82, 2.24) is 14.7 Å². The van der Waals surface area contributed by atoms with Gasteiger partial charge in [0.05, 0.1) is 6.42 Å². The zero-order valence-electron chi connectivity index (χ0n) is 11.7. The zero-order valence-corrected chi connectivity index (χ0v) is 11.7. The Bertz CT molecular complexity index is 355. The van der Waals surface area contributed by atoms with Gasteiger partial charge >= 0.3 is 12.0 Å². The van der Waals surface area contributed by atoms with Gasteiger partial charge in [0.2, 0.25) is 0 Å². The van der Waals surface area contributed by atoms with Gasteiger partial charge in [0.25, 0.3) is 0 Å². The molecule has 19 heavy (non-hydrogen) atoms. The molecule has 2 amide bonds. The minimum absolute atomic E-state index is 0.0381. The molecule has 2 heterocycles. The number of carboxylic acids is 1. The van der Waals surface area contributed by atoms with Gasteiger partial charge in [0.1, 0.15) is 0 Å². The Morgan fingerprint density at radius 3 is 2.47 bits per heavy atom. The van der Waals surface area contributed by atoms with E-state index in [9.17, 15) is 9.59 Å². The van der Waals surface area contributed by atoms with Gasteiger partial charge in [-0.05, 0) is 25.9 Å². The molecule has 0 aromatic rings. The molecule has 2 rings (SSSR count). The molecule has 0 radical (unpaired) electrons. The third-order valence-electron chi connectivity index (χ3n) is 4.04. The smallest absolute Gasteiger partial charge is 0.319 e. The number of rotatable bonds is 4. The normalized spacial score (nSPS) is 24.3. The van der Waals surface area contributed by atoms with Crippen molar-refractivity contribution in [3.05, 3.63) is 0 Å². The van der Waals surface area contributed by atoms with Gasteiger partial charge in [-0.2, -0.15) is 0 Å². The summed E-state index contributed by atoms with van der Waals surface area (Å²) in [7, 11) is 3.94. The minimum atomic E-state index is -0.778. The van der Waals surface area contributed by atoms with Gasteiger partial charge in [0, 0.05) is 39.1 Å². The number of carbonyl (C=O) groups excluding carboxylic acids is 1. The van der Waals surface area contributed by atoms with Crippen molar-refractivity contribution in [2.24, 2.45) is 11.8 Å². The first-order valence-electron chi connectivity index (χ1n) is 6.86. The molecule has 108 valence electrons. The molecule has 0 spiro atoms. The lowest BCUT2D eigenvalue weighted by atomic mass is 9.97. The highest BCUT2D eigenvalue weighted by molar-refractivity contribution is 5.75. The van der Waals surface area contributed by atoms with Crippen molar-refractivity contribution >= 4 is 12.0 Å². The minimum Gasteiger partial charge on any atom is -0.481 e. The van der Waals surface area contributed by atoms with Crippen molar-refractivity contribution in [2.75, 3.05) is 46.8 Å². The predicted molar refractivity (Wildman–Crippen MR) is 70.9 cm³/mol. The Morgan fingerprint density at radius 2 is 1.95 bits per heavy atom. The molecule has 2 fully saturated rings. The SMILES string of the molecule is CN1CCC(CN(C)C(=O)N2CC(CC(=O)O)C2)C1. The second kappa shape index (κ2) is 5.77. The van der Waals surface area contributed by atoms with E-state index in [0.29, 0.717) is 19.0 Å². The summed E-state index contributed by atoms with van der Waals surface area (Å²) in [6.45, 7) is 4.12. The standard InChI is InChI=1S/C13H23N3O3/c1-14-4-3-10(6-14)7-15(2)13(19)16-8-11(9-16)5-12(17)18/h10-11H,3-9H2,1-2H3,(H,17,18). The molecule has 2 aliphatic rings. The highest BCUT2D eigenvalue weighted by Crippen LogP contribution is 2.21. The van der Waals surface area contributed by atoms with E-state index in [4.69, 9.17) is 5.11 Å². The number of hydrogen-bond acceptors (Lipinski definition) is 3. The van der Waals surface area contributed by atoms with Gasteiger partial charge < -0.3 is 19.8 Å². The molecule has 0 aromatic carbocycles. The summed E-state index contributed by atoms with van der Waals surface area (Å²) >= 11 is 0. The number of nitrogens with zero attached hydrogens (tertiary/aromatic N) is 3. The van der Waals surface area contributed by atoms with Crippen LogP contribution in [-0.2, 0) is 4.79 Å². The van der Waals surface area contributed by atoms with Crippen LogP contribution in [0.4, 0.5) is 4.79 Å². The molecule has 1 unspecified atom stereocenters. The van der Waals surface area contributed by atoms with Crippen LogP contribution in [0, 0.1) is 11.8 Å². The molecular formula is C13H23N3O3. The Kier molecular flexibility index (Phi) is 4.29. The van der Waals surface area contributed by atoms with Gasteiger partial charge in [-0.15, -0.1) is 0 Å². The van der Waals surface area contributed by atoms with Crippen molar-refractivity contribution in [2.45, 2.75) is 12.8 Å². The largest absolute Gasteiger partial charge is 0.481 e. The van der Waals surface area contributed by atoms with Crippen LogP contribution in [-0.4, -0.2) is 78.6 Å². The van der Waals surface area contributed by atoms with Crippen molar-refractivity contribution in [3.8, 4) is 0 Å². The van der Waals surface area contributed by atoms with Crippen LogP contribution >= 0.6 is 0 Å². The third-order valence-corrected chi connectivity index (χ3v) is 4.04. The van der Waals surface area contributed by atoms with E-state index in [1.807, 2.05) is 7.05 Å². The second-order valence-corrected chi connectivity index (χ2v) is 5.95. The van der Waals surface area contributed by atoms with Gasteiger partial charge in [-0.1, -0.05) is 0 Å². The van der Waals surface area contributed by atoms with Crippen LogP contribution in [0.2, 0.25) is 0 Å². The first-order chi connectivity index (χ1) is 8.95. The van der Waals surface area contributed by atoms with Crippen molar-refractivity contribution in [3.63, 3.8) is 0 Å². The summed E-state index contributed by atoms with van der Waals surface area (Å²) in [5, 5.41) is 8.68. The molecule has 0 aromatic heterocycles. The van der Waals surface area contributed by atoms with E-state index in [1.165, 1.54) is 0 Å². The first-order valence-corrected chi connectivity index (χ1v) is 6.86. The van der Waals surface area contributed by atoms with Gasteiger partial charge in [-0.3, -0.25) is 4.79 Å². The topological polar surface area (TPSA) is 64.1 Å². The van der Waals surface area contributed by atoms with Crippen LogP contribution in [0.5, 0.6) is 0 Å². The summed E-state index contributed by atoms with van der Waals surface area (Å²) in [5.74, 6) is -0.0815. The molecule has 0 saturated carbocycles. The number of aliphatic carboxylic acids is 1. The molecule has 0 bridgehead atoms. The fraction of sp³-hybridized carbons (Fsp3) is 0.846. The first kappa shape index (κ1) is 14.1. The number of carboxylic acid groups (broad SMARTS) is 1.